The first-order chi connectivity index (χ1) is 12.3. The fourth-order valence-corrected chi connectivity index (χ4v) is 3.69. The average molecular weight is 391 g/mol. The molecule has 2 aromatic rings. The van der Waals surface area contributed by atoms with Gasteiger partial charge < -0.3 is 4.90 Å². The number of hydrogen-bond donors (Lipinski definition) is 1. The Balaban J connectivity index is 1.72. The largest absolute Gasteiger partial charge is 0.309 e. The molecule has 0 fully saturated rings. The maximum absolute atomic E-state index is 12.6. The van der Waals surface area contributed by atoms with Crippen molar-refractivity contribution in [3.05, 3.63) is 64.7 Å². The van der Waals surface area contributed by atoms with Gasteiger partial charge in [-0.3, -0.25) is 9.52 Å². The lowest BCUT2D eigenvalue weighted by molar-refractivity contribution is -0.114. The van der Waals surface area contributed by atoms with Gasteiger partial charge in [0.25, 0.3) is 5.91 Å². The lowest BCUT2D eigenvalue weighted by Crippen LogP contribution is -2.34. The molecule has 7 heteroatoms. The third-order valence-corrected chi connectivity index (χ3v) is 4.90. The summed E-state index contributed by atoms with van der Waals surface area (Å²) in [7, 11) is -3.30. The summed E-state index contributed by atoms with van der Waals surface area (Å²) in [5.74, 6) is -0.0911. The fraction of sp³-hybridized carbons (Fsp3) is 0.211. The number of carbonyl (C=O) groups excluding carboxylic acids is 1. The molecular formula is C19H19ClN2O3S. The first kappa shape index (κ1) is 18.5. The molecule has 0 saturated heterocycles. The van der Waals surface area contributed by atoms with E-state index < -0.39 is 10.0 Å². The standard InChI is InChI=1S/C19H19ClN2O3S/c1-26(24,25)21-17-8-4-14(5-9-17)6-11-19(23)22-12-2-3-15-13-16(20)7-10-18(15)22/h4-11,13,21H,2-3,12H2,1H3/b11-6-. The topological polar surface area (TPSA) is 66.5 Å². The molecule has 3 rings (SSSR count). The number of fused-ring (bicyclic) bond motifs is 1. The minimum absolute atomic E-state index is 0.0911. The third kappa shape index (κ3) is 4.65. The number of aryl methyl sites for hydroxylation is 1. The van der Waals surface area contributed by atoms with Crippen molar-refractivity contribution < 1.29 is 13.2 Å². The van der Waals surface area contributed by atoms with Crippen molar-refractivity contribution in [3.63, 3.8) is 0 Å². The second kappa shape index (κ2) is 7.51. The normalized spacial score (nSPS) is 14.3. The lowest BCUT2D eigenvalue weighted by atomic mass is 10.0. The maximum Gasteiger partial charge on any atom is 0.250 e. The highest BCUT2D eigenvalue weighted by Crippen LogP contribution is 2.29. The summed E-state index contributed by atoms with van der Waals surface area (Å²) >= 11 is 6.04. The molecule has 0 unspecified atom stereocenters. The minimum atomic E-state index is -3.30. The molecule has 0 spiro atoms. The number of amides is 1. The van der Waals surface area contributed by atoms with Crippen LogP contribution in [0, 0.1) is 0 Å². The number of carbonyl (C=O) groups is 1. The minimum Gasteiger partial charge on any atom is -0.309 e. The highest BCUT2D eigenvalue weighted by atomic mass is 35.5. The molecule has 2 aromatic carbocycles. The molecule has 1 amide bonds. The molecule has 1 N–H and O–H groups in total. The molecule has 1 aliphatic heterocycles. The molecule has 0 saturated carbocycles. The maximum atomic E-state index is 12.6. The quantitative estimate of drug-likeness (QED) is 0.809. The highest BCUT2D eigenvalue weighted by Gasteiger charge is 2.20. The van der Waals surface area contributed by atoms with E-state index in [0.717, 1.165) is 35.9 Å². The van der Waals surface area contributed by atoms with E-state index >= 15 is 0 Å². The Bertz CT molecular complexity index is 953. The number of nitrogens with zero attached hydrogens (tertiary/aromatic N) is 1. The van der Waals surface area contributed by atoms with Gasteiger partial charge in [-0.1, -0.05) is 23.7 Å². The van der Waals surface area contributed by atoms with Crippen molar-refractivity contribution in [1.82, 2.24) is 0 Å². The Morgan fingerprint density at radius 2 is 1.92 bits per heavy atom. The van der Waals surface area contributed by atoms with Crippen LogP contribution < -0.4 is 9.62 Å². The van der Waals surface area contributed by atoms with Crippen LogP contribution in [0.3, 0.4) is 0 Å². The molecule has 0 aromatic heterocycles. The van der Waals surface area contributed by atoms with E-state index in [1.807, 2.05) is 12.1 Å². The predicted octanol–water partition coefficient (Wildman–Crippen LogP) is 3.70. The molecule has 0 radical (unpaired) electrons. The fourth-order valence-electron chi connectivity index (χ4n) is 2.93. The molecule has 136 valence electrons. The summed E-state index contributed by atoms with van der Waals surface area (Å²) in [6, 6.07) is 12.4. The monoisotopic (exact) mass is 390 g/mol. The lowest BCUT2D eigenvalue weighted by Gasteiger charge is -2.28. The summed E-state index contributed by atoms with van der Waals surface area (Å²) in [5, 5.41) is 0.677. The highest BCUT2D eigenvalue weighted by molar-refractivity contribution is 7.92. The van der Waals surface area contributed by atoms with E-state index in [1.54, 1.807) is 41.3 Å². The van der Waals surface area contributed by atoms with Crippen LogP contribution in [0.4, 0.5) is 11.4 Å². The summed E-state index contributed by atoms with van der Waals surface area (Å²) in [5.41, 5.74) is 3.29. The number of benzene rings is 2. The van der Waals surface area contributed by atoms with Crippen molar-refractivity contribution in [2.75, 3.05) is 22.4 Å². The zero-order chi connectivity index (χ0) is 18.7. The van der Waals surface area contributed by atoms with Crippen molar-refractivity contribution in [1.29, 1.82) is 0 Å². The summed E-state index contributed by atoms with van der Waals surface area (Å²) in [6.07, 6.45) is 6.17. The van der Waals surface area contributed by atoms with Gasteiger partial charge in [-0.2, -0.15) is 0 Å². The zero-order valence-electron chi connectivity index (χ0n) is 14.3. The number of rotatable bonds is 4. The predicted molar refractivity (Wildman–Crippen MR) is 106 cm³/mol. The number of hydrogen-bond acceptors (Lipinski definition) is 3. The molecule has 26 heavy (non-hydrogen) atoms. The molecule has 0 atom stereocenters. The molecule has 0 bridgehead atoms. The van der Waals surface area contributed by atoms with Crippen molar-refractivity contribution in [3.8, 4) is 0 Å². The van der Waals surface area contributed by atoms with Crippen molar-refractivity contribution in [2.24, 2.45) is 0 Å². The second-order valence-corrected chi connectivity index (χ2v) is 8.38. The second-order valence-electron chi connectivity index (χ2n) is 6.20. The Morgan fingerprint density at radius 1 is 1.19 bits per heavy atom. The molecule has 0 aliphatic carbocycles. The summed E-state index contributed by atoms with van der Waals surface area (Å²) < 4.78 is 24.8. The smallest absolute Gasteiger partial charge is 0.250 e. The third-order valence-electron chi connectivity index (χ3n) is 4.06. The van der Waals surface area contributed by atoms with Crippen molar-refractivity contribution in [2.45, 2.75) is 12.8 Å². The first-order valence-electron chi connectivity index (χ1n) is 8.18. The van der Waals surface area contributed by atoms with Gasteiger partial charge in [0.2, 0.25) is 10.0 Å². The van der Waals surface area contributed by atoms with E-state index in [4.69, 9.17) is 11.6 Å². The molecule has 1 aliphatic rings. The van der Waals surface area contributed by atoms with Gasteiger partial charge in [0, 0.05) is 29.0 Å². The average Bonchev–Trinajstić information content (AvgIpc) is 2.58. The van der Waals surface area contributed by atoms with E-state index in [9.17, 15) is 13.2 Å². The number of sulfonamides is 1. The van der Waals surface area contributed by atoms with Crippen LogP contribution >= 0.6 is 11.6 Å². The van der Waals surface area contributed by atoms with Crippen molar-refractivity contribution >= 4 is 45.0 Å². The van der Waals surface area contributed by atoms with Gasteiger partial charge in [0.1, 0.15) is 0 Å². The van der Waals surface area contributed by atoms with Crippen LogP contribution in [-0.4, -0.2) is 27.1 Å². The van der Waals surface area contributed by atoms with Gasteiger partial charge in [-0.05, 0) is 60.4 Å². The first-order valence-corrected chi connectivity index (χ1v) is 10.4. The van der Waals surface area contributed by atoms with E-state index in [0.29, 0.717) is 17.3 Å². The van der Waals surface area contributed by atoms with Gasteiger partial charge in [-0.25, -0.2) is 8.42 Å². The Kier molecular flexibility index (Phi) is 5.34. The zero-order valence-corrected chi connectivity index (χ0v) is 15.8. The van der Waals surface area contributed by atoms with Crippen LogP contribution in [0.2, 0.25) is 5.02 Å². The summed E-state index contributed by atoms with van der Waals surface area (Å²) in [4.78, 5) is 14.3. The van der Waals surface area contributed by atoms with E-state index in [-0.39, 0.29) is 5.91 Å². The number of nitrogens with one attached hydrogen (secondary N) is 1. The Labute approximate surface area is 158 Å². The summed E-state index contributed by atoms with van der Waals surface area (Å²) in [6.45, 7) is 0.676. The van der Waals surface area contributed by atoms with Gasteiger partial charge in [0.15, 0.2) is 0 Å². The Morgan fingerprint density at radius 3 is 2.62 bits per heavy atom. The SMILES string of the molecule is CS(=O)(=O)Nc1ccc(/C=C\C(=O)N2CCCc3cc(Cl)ccc32)cc1. The Hall–Kier alpha value is -2.31. The molecule has 1 heterocycles. The van der Waals surface area contributed by atoms with E-state index in [1.165, 1.54) is 6.08 Å². The van der Waals surface area contributed by atoms with Crippen LogP contribution in [0.5, 0.6) is 0 Å². The molecular weight excluding hydrogens is 372 g/mol. The van der Waals surface area contributed by atoms with Crippen LogP contribution in [0.15, 0.2) is 48.5 Å². The van der Waals surface area contributed by atoms with Gasteiger partial charge in [-0.15, -0.1) is 0 Å². The molecule has 5 nitrogen and oxygen atoms in total. The van der Waals surface area contributed by atoms with Crippen LogP contribution in [0.25, 0.3) is 6.08 Å². The van der Waals surface area contributed by atoms with Crippen LogP contribution in [-0.2, 0) is 21.2 Å². The van der Waals surface area contributed by atoms with E-state index in [2.05, 4.69) is 4.72 Å². The number of anilines is 2. The van der Waals surface area contributed by atoms with Crippen LogP contribution in [0.1, 0.15) is 17.5 Å². The van der Waals surface area contributed by atoms with Gasteiger partial charge >= 0.3 is 0 Å². The van der Waals surface area contributed by atoms with Gasteiger partial charge in [0.05, 0.1) is 6.26 Å². The number of halogens is 1.